The van der Waals surface area contributed by atoms with Crippen molar-refractivity contribution in [2.45, 2.75) is 25.7 Å². The lowest BCUT2D eigenvalue weighted by molar-refractivity contribution is -0.130. The smallest absolute Gasteiger partial charge is 0.223 e. The molecule has 0 radical (unpaired) electrons. The van der Waals surface area contributed by atoms with E-state index in [1.165, 1.54) is 0 Å². The number of nitrogens with two attached hydrogens (primary N) is 1. The zero-order valence-corrected chi connectivity index (χ0v) is 11.5. The molecule has 0 unspecified atom stereocenters. The molecule has 0 bridgehead atoms. The van der Waals surface area contributed by atoms with Gasteiger partial charge in [0.1, 0.15) is 0 Å². The van der Waals surface area contributed by atoms with E-state index in [1.54, 1.807) is 11.9 Å². The zero-order valence-electron chi connectivity index (χ0n) is 11.5. The second-order valence-electron chi connectivity index (χ2n) is 4.99. The van der Waals surface area contributed by atoms with Gasteiger partial charge in [-0.05, 0) is 25.9 Å². The minimum atomic E-state index is -0.216. The fraction of sp³-hybridized carbons (Fsp3) is 0.769. The summed E-state index contributed by atoms with van der Waals surface area (Å²) in [6.45, 7) is 2.84. The van der Waals surface area contributed by atoms with Crippen molar-refractivity contribution in [1.82, 2.24) is 9.80 Å². The summed E-state index contributed by atoms with van der Waals surface area (Å²) in [5, 5.41) is 8.47. The third kappa shape index (κ3) is 5.26. The van der Waals surface area contributed by atoms with Crippen molar-refractivity contribution in [1.29, 1.82) is 5.26 Å². The number of hydrogen-bond acceptors (Lipinski definition) is 4. The molecule has 0 saturated carbocycles. The van der Waals surface area contributed by atoms with Crippen molar-refractivity contribution in [3.05, 3.63) is 0 Å². The van der Waals surface area contributed by atoms with Crippen LogP contribution in [0.15, 0.2) is 0 Å². The van der Waals surface area contributed by atoms with Crippen molar-refractivity contribution in [2.75, 3.05) is 33.2 Å². The molecule has 1 aliphatic rings. The van der Waals surface area contributed by atoms with E-state index in [1.807, 2.05) is 6.07 Å². The van der Waals surface area contributed by atoms with Crippen molar-refractivity contribution >= 4 is 11.8 Å². The molecule has 6 nitrogen and oxygen atoms in total. The van der Waals surface area contributed by atoms with Gasteiger partial charge in [0, 0.05) is 32.5 Å². The highest BCUT2D eigenvalue weighted by atomic mass is 16.2. The van der Waals surface area contributed by atoms with Crippen LogP contribution in [-0.4, -0.2) is 54.8 Å². The molecule has 0 spiro atoms. The topological polar surface area (TPSA) is 90.4 Å². The van der Waals surface area contributed by atoms with Crippen molar-refractivity contribution in [3.63, 3.8) is 0 Å². The Labute approximate surface area is 114 Å². The first kappa shape index (κ1) is 15.4. The number of amides is 2. The summed E-state index contributed by atoms with van der Waals surface area (Å²) in [5.41, 5.74) is 5.28. The number of piperidine rings is 1. The molecule has 1 fully saturated rings. The van der Waals surface area contributed by atoms with Crippen LogP contribution in [-0.2, 0) is 9.59 Å². The minimum Gasteiger partial charge on any atom is -0.369 e. The fourth-order valence-electron chi connectivity index (χ4n) is 2.23. The first-order chi connectivity index (χ1) is 9.04. The largest absolute Gasteiger partial charge is 0.369 e. The van der Waals surface area contributed by atoms with E-state index in [9.17, 15) is 9.59 Å². The summed E-state index contributed by atoms with van der Waals surface area (Å²) in [5.74, 6) is -0.163. The normalized spacial score (nSPS) is 16.8. The van der Waals surface area contributed by atoms with E-state index in [0.29, 0.717) is 25.9 Å². The molecular weight excluding hydrogens is 244 g/mol. The summed E-state index contributed by atoms with van der Waals surface area (Å²) >= 11 is 0. The first-order valence-corrected chi connectivity index (χ1v) is 6.67. The van der Waals surface area contributed by atoms with E-state index in [4.69, 9.17) is 11.0 Å². The predicted octanol–water partition coefficient (Wildman–Crippen LogP) is -0.0541. The molecule has 19 heavy (non-hydrogen) atoms. The highest BCUT2D eigenvalue weighted by Gasteiger charge is 2.23. The Morgan fingerprint density at radius 2 is 2.05 bits per heavy atom. The number of carbonyl (C=O) groups excluding carboxylic acids is 2. The Kier molecular flexibility index (Phi) is 6.30. The van der Waals surface area contributed by atoms with Gasteiger partial charge in [-0.3, -0.25) is 9.59 Å². The van der Waals surface area contributed by atoms with E-state index < -0.39 is 0 Å². The Balaban J connectivity index is 2.21. The summed E-state index contributed by atoms with van der Waals surface area (Å²) in [7, 11) is 1.72. The molecule has 2 amide bonds. The van der Waals surface area contributed by atoms with Gasteiger partial charge in [-0.1, -0.05) is 0 Å². The van der Waals surface area contributed by atoms with E-state index in [0.717, 1.165) is 25.9 Å². The third-order valence-electron chi connectivity index (χ3n) is 3.62. The van der Waals surface area contributed by atoms with Gasteiger partial charge in [0.05, 0.1) is 12.5 Å². The third-order valence-corrected chi connectivity index (χ3v) is 3.62. The number of primary amides is 1. The van der Waals surface area contributed by atoms with Crippen LogP contribution in [0.2, 0.25) is 0 Å². The summed E-state index contributed by atoms with van der Waals surface area (Å²) < 4.78 is 0. The fourth-order valence-corrected chi connectivity index (χ4v) is 2.23. The molecule has 106 valence electrons. The average molecular weight is 266 g/mol. The molecule has 0 aliphatic carbocycles. The number of hydrogen-bond donors (Lipinski definition) is 1. The van der Waals surface area contributed by atoms with Crippen LogP contribution < -0.4 is 5.73 Å². The molecule has 0 atom stereocenters. The van der Waals surface area contributed by atoms with Crippen molar-refractivity contribution < 1.29 is 9.59 Å². The van der Waals surface area contributed by atoms with E-state index >= 15 is 0 Å². The van der Waals surface area contributed by atoms with Crippen LogP contribution in [0.4, 0.5) is 0 Å². The molecule has 1 heterocycles. The highest BCUT2D eigenvalue weighted by molar-refractivity contribution is 5.77. The van der Waals surface area contributed by atoms with Crippen LogP contribution in [0, 0.1) is 17.2 Å². The average Bonchev–Trinajstić information content (AvgIpc) is 2.42. The van der Waals surface area contributed by atoms with Gasteiger partial charge in [-0.2, -0.15) is 5.26 Å². The van der Waals surface area contributed by atoms with Crippen LogP contribution in [0.3, 0.4) is 0 Å². The molecule has 0 aromatic rings. The molecule has 1 rings (SSSR count). The molecule has 0 aromatic heterocycles. The van der Waals surface area contributed by atoms with Gasteiger partial charge in [0.25, 0.3) is 0 Å². The number of likely N-dealkylation sites (tertiary alicyclic amines) is 1. The second kappa shape index (κ2) is 7.74. The Morgan fingerprint density at radius 1 is 1.42 bits per heavy atom. The lowest BCUT2D eigenvalue weighted by Crippen LogP contribution is -2.40. The van der Waals surface area contributed by atoms with Crippen molar-refractivity contribution in [2.24, 2.45) is 11.7 Å². The number of rotatable bonds is 6. The maximum Gasteiger partial charge on any atom is 0.223 e. The van der Waals surface area contributed by atoms with Crippen LogP contribution in [0.1, 0.15) is 25.7 Å². The number of nitrogens with zero attached hydrogens (tertiary/aromatic N) is 3. The predicted molar refractivity (Wildman–Crippen MR) is 70.8 cm³/mol. The Bertz CT molecular complexity index is 356. The van der Waals surface area contributed by atoms with Crippen LogP contribution in [0.5, 0.6) is 0 Å². The number of nitriles is 1. The number of carbonyl (C=O) groups is 2. The maximum atomic E-state index is 11.8. The van der Waals surface area contributed by atoms with E-state index in [2.05, 4.69) is 4.90 Å². The Hall–Kier alpha value is -1.61. The highest BCUT2D eigenvalue weighted by Crippen LogP contribution is 2.16. The standard InChI is InChI=1S/C13H22N4O2/c1-16(7-2-6-14)12(18)5-10-17-8-3-11(4-9-17)13(15)19/h11H,2-5,7-10H2,1H3,(H2,15,19). The summed E-state index contributed by atoms with van der Waals surface area (Å²) in [6, 6.07) is 2.03. The quantitative estimate of drug-likeness (QED) is 0.729. The lowest BCUT2D eigenvalue weighted by atomic mass is 9.96. The molecule has 1 saturated heterocycles. The van der Waals surface area contributed by atoms with Gasteiger partial charge < -0.3 is 15.5 Å². The van der Waals surface area contributed by atoms with Gasteiger partial charge in [0.2, 0.25) is 11.8 Å². The van der Waals surface area contributed by atoms with Gasteiger partial charge in [-0.25, -0.2) is 0 Å². The monoisotopic (exact) mass is 266 g/mol. The Morgan fingerprint density at radius 3 is 2.58 bits per heavy atom. The lowest BCUT2D eigenvalue weighted by Gasteiger charge is -2.30. The second-order valence-corrected chi connectivity index (χ2v) is 4.99. The van der Waals surface area contributed by atoms with Gasteiger partial charge in [-0.15, -0.1) is 0 Å². The van der Waals surface area contributed by atoms with Crippen LogP contribution >= 0.6 is 0 Å². The molecule has 2 N–H and O–H groups in total. The van der Waals surface area contributed by atoms with Crippen LogP contribution in [0.25, 0.3) is 0 Å². The molecule has 6 heteroatoms. The first-order valence-electron chi connectivity index (χ1n) is 6.67. The summed E-state index contributed by atoms with van der Waals surface area (Å²) in [6.07, 6.45) is 2.40. The molecule has 0 aromatic carbocycles. The minimum absolute atomic E-state index is 0.00902. The van der Waals surface area contributed by atoms with E-state index in [-0.39, 0.29) is 17.7 Å². The van der Waals surface area contributed by atoms with Crippen molar-refractivity contribution in [3.8, 4) is 6.07 Å². The van der Waals surface area contributed by atoms with Gasteiger partial charge >= 0.3 is 0 Å². The maximum absolute atomic E-state index is 11.8. The SMILES string of the molecule is CN(CCC#N)C(=O)CCN1CCC(C(N)=O)CC1. The molecule has 1 aliphatic heterocycles. The summed E-state index contributed by atoms with van der Waals surface area (Å²) in [4.78, 5) is 26.6. The van der Waals surface area contributed by atoms with Gasteiger partial charge in [0.15, 0.2) is 0 Å². The zero-order chi connectivity index (χ0) is 14.3. The molecular formula is C13H22N4O2.